The Morgan fingerprint density at radius 3 is 2.43 bits per heavy atom. The molecule has 3 rings (SSSR count). The minimum absolute atomic E-state index is 0.00721. The molecule has 0 aliphatic carbocycles. The maximum atomic E-state index is 13.4. The van der Waals surface area contributed by atoms with Crippen LogP contribution in [0.25, 0.3) is 0 Å². The molecule has 8 heteroatoms. The average Bonchev–Trinajstić information content (AvgIpc) is 2.77. The number of carbonyl (C=O) groups excluding carboxylic acids is 2. The number of nitrogens with one attached hydrogen (secondary N) is 1. The van der Waals surface area contributed by atoms with Crippen LogP contribution in [0.2, 0.25) is 0 Å². The Hall–Kier alpha value is -3.68. The van der Waals surface area contributed by atoms with E-state index in [0.717, 1.165) is 0 Å². The van der Waals surface area contributed by atoms with Gasteiger partial charge in [0.25, 0.3) is 11.6 Å². The standard InChI is InChI=1S/C22H23N3O5/c1-14-13-24(21(27)17-7-5-6-8-18(17)30-14)19(20(26)23-22(2,3)4)15-9-11-16(12-10-15)25(28)29/h5-12,19H,1,13H2,2-4H3,(H,23,26)/t19-/m1/s1. The Bertz CT molecular complexity index is 1010. The first kappa shape index (κ1) is 21.0. The van der Waals surface area contributed by atoms with Crippen LogP contribution in [-0.2, 0) is 4.79 Å². The van der Waals surface area contributed by atoms with Gasteiger partial charge < -0.3 is 15.0 Å². The topological polar surface area (TPSA) is 102 Å². The lowest BCUT2D eigenvalue weighted by molar-refractivity contribution is -0.384. The summed E-state index contributed by atoms with van der Waals surface area (Å²) in [6.07, 6.45) is 0. The molecule has 1 aliphatic heterocycles. The van der Waals surface area contributed by atoms with Crippen molar-refractivity contribution in [3.05, 3.63) is 82.1 Å². The zero-order chi connectivity index (χ0) is 22.1. The van der Waals surface area contributed by atoms with Gasteiger partial charge in [0.15, 0.2) is 0 Å². The second-order valence-electron chi connectivity index (χ2n) is 8.06. The molecule has 8 nitrogen and oxygen atoms in total. The summed E-state index contributed by atoms with van der Waals surface area (Å²) in [6, 6.07) is 11.3. The van der Waals surface area contributed by atoms with Crippen LogP contribution in [-0.4, -0.2) is 33.7 Å². The highest BCUT2D eigenvalue weighted by Crippen LogP contribution is 2.32. The monoisotopic (exact) mass is 409 g/mol. The molecule has 0 saturated carbocycles. The summed E-state index contributed by atoms with van der Waals surface area (Å²) in [5.41, 5.74) is 0.111. The van der Waals surface area contributed by atoms with E-state index in [0.29, 0.717) is 22.6 Å². The fraction of sp³-hybridized carbons (Fsp3) is 0.273. The average molecular weight is 409 g/mol. The van der Waals surface area contributed by atoms with Crippen molar-refractivity contribution in [1.82, 2.24) is 10.2 Å². The first-order valence-corrected chi connectivity index (χ1v) is 9.39. The van der Waals surface area contributed by atoms with E-state index in [1.54, 1.807) is 24.3 Å². The van der Waals surface area contributed by atoms with Crippen LogP contribution in [0.4, 0.5) is 5.69 Å². The summed E-state index contributed by atoms with van der Waals surface area (Å²) in [6.45, 7) is 9.36. The Balaban J connectivity index is 2.08. The number of non-ortho nitro benzene ring substituents is 1. The highest BCUT2D eigenvalue weighted by molar-refractivity contribution is 6.00. The van der Waals surface area contributed by atoms with E-state index in [-0.39, 0.29) is 12.2 Å². The summed E-state index contributed by atoms with van der Waals surface area (Å²) >= 11 is 0. The predicted octanol–water partition coefficient (Wildman–Crippen LogP) is 3.60. The number of nitro benzene ring substituents is 1. The van der Waals surface area contributed by atoms with Gasteiger partial charge in [-0.25, -0.2) is 0 Å². The van der Waals surface area contributed by atoms with Gasteiger partial charge in [-0.1, -0.05) is 18.7 Å². The van der Waals surface area contributed by atoms with Crippen molar-refractivity contribution < 1.29 is 19.2 Å². The first-order valence-electron chi connectivity index (χ1n) is 9.39. The third-order valence-electron chi connectivity index (χ3n) is 4.46. The van der Waals surface area contributed by atoms with E-state index in [9.17, 15) is 19.7 Å². The Labute approximate surface area is 174 Å². The molecule has 0 fully saturated rings. The van der Waals surface area contributed by atoms with E-state index < -0.39 is 28.3 Å². The molecule has 0 radical (unpaired) electrons. The van der Waals surface area contributed by atoms with Gasteiger partial charge in [-0.2, -0.15) is 0 Å². The lowest BCUT2D eigenvalue weighted by atomic mass is 10.00. The number of amides is 2. The second-order valence-corrected chi connectivity index (χ2v) is 8.06. The molecule has 1 aliphatic rings. The van der Waals surface area contributed by atoms with Crippen LogP contribution in [0.1, 0.15) is 42.7 Å². The lowest BCUT2D eigenvalue weighted by Crippen LogP contribution is -2.49. The molecule has 0 unspecified atom stereocenters. The molecular weight excluding hydrogens is 386 g/mol. The largest absolute Gasteiger partial charge is 0.460 e. The molecule has 30 heavy (non-hydrogen) atoms. The number of rotatable bonds is 4. The van der Waals surface area contributed by atoms with Crippen molar-refractivity contribution in [1.29, 1.82) is 0 Å². The molecule has 1 atom stereocenters. The number of ether oxygens (including phenoxy) is 1. The number of fused-ring (bicyclic) bond motifs is 1. The van der Waals surface area contributed by atoms with Crippen LogP contribution < -0.4 is 10.1 Å². The van der Waals surface area contributed by atoms with E-state index >= 15 is 0 Å². The van der Waals surface area contributed by atoms with Crippen molar-refractivity contribution in [2.45, 2.75) is 32.4 Å². The fourth-order valence-corrected chi connectivity index (χ4v) is 3.23. The summed E-state index contributed by atoms with van der Waals surface area (Å²) in [5, 5.41) is 13.9. The summed E-state index contributed by atoms with van der Waals surface area (Å²) in [7, 11) is 0. The number of nitrogens with zero attached hydrogens (tertiary/aromatic N) is 2. The van der Waals surface area contributed by atoms with Gasteiger partial charge in [0.2, 0.25) is 5.91 Å². The highest BCUT2D eigenvalue weighted by atomic mass is 16.6. The molecule has 0 bridgehead atoms. The van der Waals surface area contributed by atoms with E-state index in [2.05, 4.69) is 11.9 Å². The van der Waals surface area contributed by atoms with Gasteiger partial charge in [0, 0.05) is 17.7 Å². The molecule has 2 amide bonds. The molecule has 1 heterocycles. The molecular formula is C22H23N3O5. The maximum Gasteiger partial charge on any atom is 0.269 e. The van der Waals surface area contributed by atoms with Crippen LogP contribution in [0.5, 0.6) is 5.75 Å². The quantitative estimate of drug-likeness (QED) is 0.614. The van der Waals surface area contributed by atoms with Gasteiger partial charge in [0.05, 0.1) is 17.0 Å². The van der Waals surface area contributed by atoms with E-state index in [4.69, 9.17) is 4.74 Å². The van der Waals surface area contributed by atoms with Crippen molar-refractivity contribution in [2.24, 2.45) is 0 Å². The van der Waals surface area contributed by atoms with Gasteiger partial charge in [0.1, 0.15) is 17.6 Å². The molecule has 2 aromatic rings. The molecule has 0 spiro atoms. The van der Waals surface area contributed by atoms with Gasteiger partial charge in [-0.05, 0) is 50.6 Å². The number of nitro groups is 1. The lowest BCUT2D eigenvalue weighted by Gasteiger charge is -2.32. The zero-order valence-electron chi connectivity index (χ0n) is 17.0. The predicted molar refractivity (Wildman–Crippen MR) is 111 cm³/mol. The SMILES string of the molecule is C=C1CN([C@@H](C(=O)NC(C)(C)C)c2ccc([N+](=O)[O-])cc2)C(=O)c2ccccc2O1. The fourth-order valence-electron chi connectivity index (χ4n) is 3.23. The minimum atomic E-state index is -1.02. The molecule has 0 aromatic heterocycles. The Kier molecular flexibility index (Phi) is 5.60. The first-order chi connectivity index (χ1) is 14.1. The normalized spacial score (nSPS) is 15.0. The Morgan fingerprint density at radius 2 is 1.83 bits per heavy atom. The molecule has 0 saturated heterocycles. The zero-order valence-corrected chi connectivity index (χ0v) is 17.0. The minimum Gasteiger partial charge on any atom is -0.460 e. The molecule has 156 valence electrons. The molecule has 2 aromatic carbocycles. The number of benzene rings is 2. The number of para-hydroxylation sites is 1. The second kappa shape index (κ2) is 7.98. The smallest absolute Gasteiger partial charge is 0.269 e. The van der Waals surface area contributed by atoms with Gasteiger partial charge >= 0.3 is 0 Å². The summed E-state index contributed by atoms with van der Waals surface area (Å²) in [4.78, 5) is 38.5. The van der Waals surface area contributed by atoms with Crippen LogP contribution in [0.3, 0.4) is 0 Å². The number of carbonyl (C=O) groups is 2. The third-order valence-corrected chi connectivity index (χ3v) is 4.46. The van der Waals surface area contributed by atoms with Crippen molar-refractivity contribution in [2.75, 3.05) is 6.54 Å². The summed E-state index contributed by atoms with van der Waals surface area (Å²) in [5.74, 6) is -0.119. The van der Waals surface area contributed by atoms with Crippen molar-refractivity contribution >= 4 is 17.5 Å². The van der Waals surface area contributed by atoms with Gasteiger partial charge in [-0.15, -0.1) is 0 Å². The third kappa shape index (κ3) is 4.48. The van der Waals surface area contributed by atoms with Gasteiger partial charge in [-0.3, -0.25) is 19.7 Å². The maximum absolute atomic E-state index is 13.4. The van der Waals surface area contributed by atoms with Crippen LogP contribution in [0, 0.1) is 10.1 Å². The van der Waals surface area contributed by atoms with Crippen LogP contribution in [0.15, 0.2) is 60.9 Å². The number of hydrogen-bond acceptors (Lipinski definition) is 5. The highest BCUT2D eigenvalue weighted by Gasteiger charge is 2.37. The number of hydrogen-bond donors (Lipinski definition) is 1. The van der Waals surface area contributed by atoms with Crippen LogP contribution >= 0.6 is 0 Å². The van der Waals surface area contributed by atoms with E-state index in [1.807, 2.05) is 20.8 Å². The Morgan fingerprint density at radius 1 is 1.20 bits per heavy atom. The van der Waals surface area contributed by atoms with E-state index in [1.165, 1.54) is 29.2 Å². The molecule has 1 N–H and O–H groups in total. The van der Waals surface area contributed by atoms with Crippen molar-refractivity contribution in [3.63, 3.8) is 0 Å². The summed E-state index contributed by atoms with van der Waals surface area (Å²) < 4.78 is 5.70. The van der Waals surface area contributed by atoms with Crippen molar-refractivity contribution in [3.8, 4) is 5.75 Å².